The fourth-order valence-corrected chi connectivity index (χ4v) is 4.16. The van der Waals surface area contributed by atoms with Gasteiger partial charge in [0, 0.05) is 17.6 Å². The summed E-state index contributed by atoms with van der Waals surface area (Å²) in [5.74, 6) is 0.661. The molecule has 1 atom stereocenters. The summed E-state index contributed by atoms with van der Waals surface area (Å²) in [5.41, 5.74) is -1.23. The Morgan fingerprint density at radius 1 is 0.962 bits per heavy atom. The van der Waals surface area contributed by atoms with E-state index in [0.29, 0.717) is 17.7 Å². The summed E-state index contributed by atoms with van der Waals surface area (Å²) in [4.78, 5) is 0. The fraction of sp³-hybridized carbons (Fsp3) is 0.400. The molecule has 0 aromatic heterocycles. The molecule has 3 rings (SSSR count). The Kier molecular flexibility index (Phi) is 4.40. The SMILES string of the molecule is COc1ccc([C@@H]2[NH2+]C3=C(CCCC3)C(C#N)(C#N)C2(C#N)C#N)cc1. The van der Waals surface area contributed by atoms with Crippen LogP contribution in [0.25, 0.3) is 0 Å². The summed E-state index contributed by atoms with van der Waals surface area (Å²) >= 11 is 0. The molecule has 0 spiro atoms. The highest BCUT2D eigenvalue weighted by Gasteiger charge is 2.67. The zero-order valence-electron chi connectivity index (χ0n) is 14.5. The second-order valence-corrected chi connectivity index (χ2v) is 6.63. The summed E-state index contributed by atoms with van der Waals surface area (Å²) in [6, 6.07) is 14.7. The Hall–Kier alpha value is -3.32. The second-order valence-electron chi connectivity index (χ2n) is 6.63. The van der Waals surface area contributed by atoms with Crippen LogP contribution in [0, 0.1) is 56.2 Å². The van der Waals surface area contributed by atoms with Crippen molar-refractivity contribution in [1.82, 2.24) is 0 Å². The molecule has 1 heterocycles. The van der Waals surface area contributed by atoms with Crippen LogP contribution in [0.5, 0.6) is 5.75 Å². The maximum atomic E-state index is 10.0. The van der Waals surface area contributed by atoms with Crippen LogP contribution in [-0.4, -0.2) is 7.11 Å². The van der Waals surface area contributed by atoms with Gasteiger partial charge in [-0.3, -0.25) is 0 Å². The van der Waals surface area contributed by atoms with Gasteiger partial charge >= 0.3 is 0 Å². The maximum absolute atomic E-state index is 10.0. The zero-order chi connectivity index (χ0) is 18.8. The van der Waals surface area contributed by atoms with Gasteiger partial charge in [0.15, 0.2) is 6.04 Å². The van der Waals surface area contributed by atoms with Crippen molar-refractivity contribution >= 4 is 0 Å². The molecule has 0 saturated heterocycles. The minimum absolute atomic E-state index is 0.577. The van der Waals surface area contributed by atoms with Crippen LogP contribution >= 0.6 is 0 Å². The third kappa shape index (κ3) is 2.18. The lowest BCUT2D eigenvalue weighted by atomic mass is 9.54. The van der Waals surface area contributed by atoms with Crippen molar-refractivity contribution in [1.29, 1.82) is 21.0 Å². The molecular formula is C20H18N5O+. The molecule has 1 aromatic rings. The molecule has 6 heteroatoms. The minimum Gasteiger partial charge on any atom is -0.497 e. The third-order valence-corrected chi connectivity index (χ3v) is 5.55. The molecule has 1 aliphatic heterocycles. The Morgan fingerprint density at radius 3 is 2.12 bits per heavy atom. The molecule has 0 unspecified atom stereocenters. The average Bonchev–Trinajstić information content (AvgIpc) is 2.72. The molecule has 0 bridgehead atoms. The minimum atomic E-state index is -1.79. The quantitative estimate of drug-likeness (QED) is 0.881. The van der Waals surface area contributed by atoms with Crippen molar-refractivity contribution in [2.45, 2.75) is 31.7 Å². The number of methoxy groups -OCH3 is 1. The van der Waals surface area contributed by atoms with Crippen molar-refractivity contribution < 1.29 is 10.1 Å². The molecular weight excluding hydrogens is 326 g/mol. The number of benzene rings is 1. The maximum Gasteiger partial charge on any atom is 0.234 e. The number of allylic oxidation sites excluding steroid dienone is 2. The van der Waals surface area contributed by atoms with Gasteiger partial charge in [-0.2, -0.15) is 21.0 Å². The van der Waals surface area contributed by atoms with Crippen molar-refractivity contribution in [2.24, 2.45) is 10.8 Å². The number of ether oxygens (including phenoxy) is 1. The van der Waals surface area contributed by atoms with Gasteiger partial charge in [-0.25, -0.2) is 0 Å². The number of hydrogen-bond acceptors (Lipinski definition) is 5. The number of quaternary nitrogens is 1. The number of nitriles is 4. The van der Waals surface area contributed by atoms with E-state index in [-0.39, 0.29) is 0 Å². The highest BCUT2D eigenvalue weighted by molar-refractivity contribution is 5.50. The van der Waals surface area contributed by atoms with Crippen LogP contribution in [0.2, 0.25) is 0 Å². The Balaban J connectivity index is 2.27. The molecule has 2 aliphatic rings. The van der Waals surface area contributed by atoms with E-state index in [2.05, 4.69) is 24.3 Å². The Bertz CT molecular complexity index is 889. The molecule has 26 heavy (non-hydrogen) atoms. The molecule has 0 radical (unpaired) electrons. The topological polar surface area (TPSA) is 121 Å². The highest BCUT2D eigenvalue weighted by Crippen LogP contribution is 2.55. The third-order valence-electron chi connectivity index (χ3n) is 5.55. The van der Waals surface area contributed by atoms with Crippen LogP contribution in [0.1, 0.15) is 37.3 Å². The first-order chi connectivity index (χ1) is 12.6. The molecule has 128 valence electrons. The van der Waals surface area contributed by atoms with Crippen molar-refractivity contribution in [2.75, 3.05) is 7.11 Å². The Labute approximate surface area is 152 Å². The predicted molar refractivity (Wildman–Crippen MR) is 90.5 cm³/mol. The van der Waals surface area contributed by atoms with Crippen molar-refractivity contribution in [3.8, 4) is 30.0 Å². The van der Waals surface area contributed by atoms with Crippen LogP contribution in [0.4, 0.5) is 0 Å². The predicted octanol–water partition coefficient (Wildman–Crippen LogP) is 2.21. The van der Waals surface area contributed by atoms with Crippen molar-refractivity contribution in [3.63, 3.8) is 0 Å². The molecule has 1 aliphatic carbocycles. The number of nitrogens with zero attached hydrogens (tertiary/aromatic N) is 4. The molecule has 0 amide bonds. The van der Waals surface area contributed by atoms with Crippen LogP contribution in [0.3, 0.4) is 0 Å². The van der Waals surface area contributed by atoms with Crippen LogP contribution in [-0.2, 0) is 0 Å². The van der Waals surface area contributed by atoms with Gasteiger partial charge in [0.05, 0.1) is 31.4 Å². The van der Waals surface area contributed by atoms with E-state index in [0.717, 1.165) is 30.5 Å². The summed E-state index contributed by atoms with van der Waals surface area (Å²) in [6.07, 6.45) is 3.18. The first kappa shape index (κ1) is 17.5. The lowest BCUT2D eigenvalue weighted by Crippen LogP contribution is -2.90. The summed E-state index contributed by atoms with van der Waals surface area (Å²) in [6.45, 7) is 0. The molecule has 0 saturated carbocycles. The summed E-state index contributed by atoms with van der Waals surface area (Å²) in [7, 11) is 1.56. The highest BCUT2D eigenvalue weighted by atomic mass is 16.5. The zero-order valence-corrected chi connectivity index (χ0v) is 14.5. The molecule has 6 nitrogen and oxygen atoms in total. The first-order valence-electron chi connectivity index (χ1n) is 8.48. The van der Waals surface area contributed by atoms with E-state index < -0.39 is 16.9 Å². The number of hydrogen-bond donors (Lipinski definition) is 1. The Morgan fingerprint density at radius 2 is 1.58 bits per heavy atom. The van der Waals surface area contributed by atoms with Gasteiger partial charge in [0.1, 0.15) is 11.4 Å². The standard InChI is InChI=1S/C20H17N5O/c1-26-15-8-6-14(7-9-15)18-20(12-23,13-24)19(10-21,11-22)16-4-2-3-5-17(16)25-18/h6-9,18,25H,2-5H2,1H3/p+1/t18-/m0/s1. The van der Waals surface area contributed by atoms with E-state index in [1.54, 1.807) is 31.4 Å². The van der Waals surface area contributed by atoms with Crippen LogP contribution in [0.15, 0.2) is 35.5 Å². The molecule has 0 fully saturated rings. The average molecular weight is 344 g/mol. The smallest absolute Gasteiger partial charge is 0.234 e. The number of rotatable bonds is 2. The van der Waals surface area contributed by atoms with E-state index in [9.17, 15) is 21.0 Å². The second kappa shape index (κ2) is 6.53. The van der Waals surface area contributed by atoms with E-state index >= 15 is 0 Å². The number of nitrogens with two attached hydrogens (primary N) is 1. The summed E-state index contributed by atoms with van der Waals surface area (Å²) < 4.78 is 5.18. The van der Waals surface area contributed by atoms with Gasteiger partial charge in [0.25, 0.3) is 0 Å². The molecule has 2 N–H and O–H groups in total. The van der Waals surface area contributed by atoms with Crippen molar-refractivity contribution in [3.05, 3.63) is 41.1 Å². The lowest BCUT2D eigenvalue weighted by Gasteiger charge is -2.43. The van der Waals surface area contributed by atoms with Gasteiger partial charge in [-0.15, -0.1) is 0 Å². The van der Waals surface area contributed by atoms with Gasteiger partial charge in [-0.1, -0.05) is 0 Å². The van der Waals surface area contributed by atoms with E-state index in [4.69, 9.17) is 4.74 Å². The summed E-state index contributed by atoms with van der Waals surface area (Å²) in [5, 5.41) is 41.9. The first-order valence-corrected chi connectivity index (χ1v) is 8.48. The fourth-order valence-electron chi connectivity index (χ4n) is 4.16. The van der Waals surface area contributed by atoms with Gasteiger partial charge in [-0.05, 0) is 43.5 Å². The monoisotopic (exact) mass is 344 g/mol. The van der Waals surface area contributed by atoms with E-state index in [1.165, 1.54) is 0 Å². The normalized spacial score (nSPS) is 22.7. The van der Waals surface area contributed by atoms with Crippen LogP contribution < -0.4 is 10.1 Å². The lowest BCUT2D eigenvalue weighted by molar-refractivity contribution is -0.672. The van der Waals surface area contributed by atoms with E-state index in [1.807, 2.05) is 5.32 Å². The largest absolute Gasteiger partial charge is 0.497 e. The molecule has 1 aromatic carbocycles. The van der Waals surface area contributed by atoms with Gasteiger partial charge in [0.2, 0.25) is 10.8 Å². The van der Waals surface area contributed by atoms with Gasteiger partial charge < -0.3 is 10.1 Å².